The molecule has 0 saturated heterocycles. The zero-order valence-electron chi connectivity index (χ0n) is 81.9. The van der Waals surface area contributed by atoms with Crippen molar-refractivity contribution >= 4 is 112 Å². The number of para-hydroxylation sites is 6. The van der Waals surface area contributed by atoms with Crippen LogP contribution in [0.4, 0.5) is 51.2 Å². The summed E-state index contributed by atoms with van der Waals surface area (Å²) in [5, 5.41) is 7.31. The predicted molar refractivity (Wildman–Crippen MR) is 623 cm³/mol. The molecule has 2 unspecified atom stereocenters. The first-order chi connectivity index (χ1) is 73.2. The number of rotatable bonds is 19. The molecule has 0 saturated carbocycles. The average molecular weight is 1890 g/mol. The van der Waals surface area contributed by atoms with Crippen molar-refractivity contribution in [1.29, 1.82) is 0 Å². The molecule has 2 aliphatic heterocycles. The molecule has 6 nitrogen and oxygen atoms in total. The molecule has 148 heavy (non-hydrogen) atoms. The van der Waals surface area contributed by atoms with Crippen molar-refractivity contribution in [2.75, 3.05) is 19.6 Å². The van der Waals surface area contributed by atoms with Crippen molar-refractivity contribution in [3.63, 3.8) is 0 Å². The lowest BCUT2D eigenvalue weighted by Gasteiger charge is -2.35. The molecule has 21 aromatic carbocycles. The first kappa shape index (κ1) is 88.1. The minimum Gasteiger partial charge on any atom is -0.340 e. The third kappa shape index (κ3) is 13.9. The second-order valence-corrected chi connectivity index (χ2v) is 39.3. The van der Waals surface area contributed by atoms with Crippen LogP contribution in [0.25, 0.3) is 139 Å². The zero-order chi connectivity index (χ0) is 98.7. The molecule has 0 N–H and O–H groups in total. The lowest BCUT2D eigenvalue weighted by atomic mass is 9.67. The van der Waals surface area contributed by atoms with Gasteiger partial charge in [0, 0.05) is 101 Å². The number of hydrogen-bond donors (Lipinski definition) is 0. The van der Waals surface area contributed by atoms with Crippen LogP contribution in [0.3, 0.4) is 0 Å². The predicted octanol–water partition coefficient (Wildman–Crippen LogP) is 37.2. The maximum absolute atomic E-state index is 4.62. The van der Waals surface area contributed by atoms with Crippen LogP contribution in [-0.4, -0.2) is 15.2 Å². The summed E-state index contributed by atoms with van der Waals surface area (Å²) in [5.74, 6) is 0.00859. The number of nitrogens with zero attached hydrogens (tertiary/aromatic N) is 6. The third-order valence-corrected chi connectivity index (χ3v) is 31.7. The minimum atomic E-state index is -0.547. The number of benzene rings is 21. The molecule has 2 bridgehead atoms. The van der Waals surface area contributed by atoms with E-state index in [9.17, 15) is 0 Å². The fourth-order valence-electron chi connectivity index (χ4n) is 25.3. The summed E-state index contributed by atoms with van der Waals surface area (Å²) in [6, 6.07) is 182. The van der Waals surface area contributed by atoms with E-state index < -0.39 is 10.8 Å². The Morgan fingerprint density at radius 2 is 0.676 bits per heavy atom. The van der Waals surface area contributed by atoms with Crippen molar-refractivity contribution < 1.29 is 0 Å². The van der Waals surface area contributed by atoms with Gasteiger partial charge in [0.15, 0.2) is 0 Å². The quantitative estimate of drug-likeness (QED) is 0.0753. The van der Waals surface area contributed by atoms with E-state index in [-0.39, 0.29) is 12.0 Å². The lowest BCUT2D eigenvalue weighted by molar-refractivity contribution is 0.694. The number of hydrogen-bond acceptors (Lipinski definition) is 4. The molecule has 2 atom stereocenters. The van der Waals surface area contributed by atoms with Crippen molar-refractivity contribution in [3.8, 4) is 78.1 Å². The Morgan fingerprint density at radius 1 is 0.284 bits per heavy atom. The van der Waals surface area contributed by atoms with E-state index in [2.05, 4.69) is 577 Å². The van der Waals surface area contributed by atoms with E-state index in [0.717, 1.165) is 97.5 Å². The first-order valence-corrected chi connectivity index (χ1v) is 51.3. The van der Waals surface area contributed by atoms with E-state index in [1.165, 1.54) is 160 Å². The Kier molecular flexibility index (Phi) is 21.5. The van der Waals surface area contributed by atoms with E-state index in [1.807, 2.05) is 12.2 Å². The van der Waals surface area contributed by atoms with Crippen LogP contribution in [0, 0.1) is 0 Å². The fourth-order valence-corrected chi connectivity index (χ4v) is 25.3. The molecule has 0 amide bonds. The fraction of sp³-hybridized carbons (Fsp3) is 0.0423. The standard InChI is InChI=1S/C71H49N3.C71H53N3/c1-3-4-19-46(2)72-66-31-16-11-25-57(66)60-42-41-52(59-27-18-33-69(72)70(59)60)47-34-36-49(37-35-47)73(50-39-43-68-61(44-50)58-26-12-17-32-67(58)74(68)48-20-6-5-7-21-48)51-38-40-56-55-24-10-15-30-64(55)71(65(56)45-51)62-28-13-8-22-53(62)54-23-9-14-29-63(54)71;1-3-60-52-38-43-61(51(47-52)23-21-22-46-72(68(60)4-2)55-28-13-7-14-29-55)50-36-39-57(40-37-50)73(58-42-45-70-65(48-58)64-33-18-20-35-69(64)74(70)56-30-15-8-16-31-56)59-41-44-63-62-32-17-19-34-66(62)71(67(63)49-59,53-24-9-5-10-25-53)54-26-11-6-12-27-54/h3,5-18,20-45H,1-2,4,19H2;3-49,60,68H,1-2H2/b;23-21-,46-22+. The van der Waals surface area contributed by atoms with Crippen molar-refractivity contribution in [2.45, 2.75) is 35.6 Å². The van der Waals surface area contributed by atoms with Gasteiger partial charge >= 0.3 is 0 Å². The van der Waals surface area contributed by atoms with Gasteiger partial charge in [0.2, 0.25) is 0 Å². The monoisotopic (exact) mass is 1890 g/mol. The molecular formula is C142H102N6. The van der Waals surface area contributed by atoms with Gasteiger partial charge in [-0.15, -0.1) is 19.7 Å². The molecular weight excluding hydrogens is 1790 g/mol. The Labute approximate surface area is 863 Å². The molecule has 2 aromatic heterocycles. The summed E-state index contributed by atoms with van der Waals surface area (Å²) in [5.41, 5.74) is 44.5. The van der Waals surface area contributed by atoms with Crippen LogP contribution in [0.2, 0.25) is 0 Å². The Balaban J connectivity index is 0.000000146. The number of anilines is 9. The number of aromatic nitrogens is 2. The zero-order valence-corrected chi connectivity index (χ0v) is 81.9. The maximum atomic E-state index is 4.62. The normalized spacial score (nSPS) is 14.7. The summed E-state index contributed by atoms with van der Waals surface area (Å²) in [6.45, 7) is 17.3. The lowest BCUT2D eigenvalue weighted by Crippen LogP contribution is -2.34. The second-order valence-electron chi connectivity index (χ2n) is 39.3. The van der Waals surface area contributed by atoms with Crippen LogP contribution in [0.1, 0.15) is 74.4 Å². The molecule has 700 valence electrons. The highest BCUT2D eigenvalue weighted by Crippen LogP contribution is 2.65. The van der Waals surface area contributed by atoms with Gasteiger partial charge in [-0.05, 0) is 287 Å². The first-order valence-electron chi connectivity index (χ1n) is 51.3. The molecule has 6 heteroatoms. The van der Waals surface area contributed by atoms with Gasteiger partial charge in [-0.25, -0.2) is 0 Å². The highest BCUT2D eigenvalue weighted by atomic mass is 15.2. The summed E-state index contributed by atoms with van der Waals surface area (Å²) >= 11 is 0. The van der Waals surface area contributed by atoms with Crippen LogP contribution in [0.15, 0.2) is 560 Å². The highest BCUT2D eigenvalue weighted by Gasteiger charge is 2.52. The Morgan fingerprint density at radius 3 is 1.19 bits per heavy atom. The summed E-state index contributed by atoms with van der Waals surface area (Å²) in [6.07, 6.45) is 16.4. The van der Waals surface area contributed by atoms with Gasteiger partial charge in [0.05, 0.1) is 50.3 Å². The smallest absolute Gasteiger partial charge is 0.0726 e. The largest absolute Gasteiger partial charge is 0.340 e. The van der Waals surface area contributed by atoms with E-state index in [4.69, 9.17) is 0 Å². The van der Waals surface area contributed by atoms with Crippen LogP contribution in [-0.2, 0) is 10.8 Å². The number of fused-ring (bicyclic) bond motifs is 23. The second kappa shape index (κ2) is 36.2. The molecule has 0 radical (unpaired) electrons. The van der Waals surface area contributed by atoms with Gasteiger partial charge in [-0.2, -0.15) is 0 Å². The summed E-state index contributed by atoms with van der Waals surface area (Å²) in [4.78, 5) is 9.58. The maximum Gasteiger partial charge on any atom is 0.0726 e. The SMILES string of the molecule is C=CC1c2ccc(-c3ccc(N(c4ccc5c(c4)C(c4ccccc4)(c4ccccc4)c4ccccc4-5)c4ccc5c(c4)c4ccccc4n5-c4ccccc4)cc3)c(c2)/C=C\C=C\N(c2ccccc2)C1C=C.C=CCCC(=C)N1c2ccccc2-c2ccc(-c3ccc(N(c4ccc5c(c4)C4(c6ccccc6-c6ccccc64)c4ccccc4-5)c4ccc5c(c4)c4ccccc4n5-c4ccccc4)cc3)c3cccc1c23. The van der Waals surface area contributed by atoms with E-state index >= 15 is 0 Å². The highest BCUT2D eigenvalue weighted by molar-refractivity contribution is 6.18. The third-order valence-electron chi connectivity index (χ3n) is 31.7. The van der Waals surface area contributed by atoms with Gasteiger partial charge in [0.1, 0.15) is 0 Å². The van der Waals surface area contributed by atoms with Crippen LogP contribution < -0.4 is 19.6 Å². The molecule has 5 aliphatic rings. The topological polar surface area (TPSA) is 22.8 Å². The van der Waals surface area contributed by atoms with Crippen LogP contribution in [0.5, 0.6) is 0 Å². The van der Waals surface area contributed by atoms with Gasteiger partial charge in [0.25, 0.3) is 0 Å². The van der Waals surface area contributed by atoms with Crippen LogP contribution >= 0.6 is 0 Å². The molecule has 0 fully saturated rings. The summed E-state index contributed by atoms with van der Waals surface area (Å²) in [7, 11) is 0. The Bertz CT molecular complexity index is 9220. The van der Waals surface area contributed by atoms with Crippen molar-refractivity contribution in [1.82, 2.24) is 9.13 Å². The van der Waals surface area contributed by atoms with Gasteiger partial charge in [-0.1, -0.05) is 383 Å². The molecule has 3 aliphatic carbocycles. The number of allylic oxidation sites excluding steroid dienone is 4. The molecule has 1 spiro atoms. The molecule has 4 heterocycles. The minimum absolute atomic E-state index is 0.00859. The Hall–Kier alpha value is -18.9. The van der Waals surface area contributed by atoms with Gasteiger partial charge in [-0.3, -0.25) is 0 Å². The van der Waals surface area contributed by atoms with Crippen molar-refractivity contribution in [2.24, 2.45) is 0 Å². The van der Waals surface area contributed by atoms with E-state index in [1.54, 1.807) is 0 Å². The summed E-state index contributed by atoms with van der Waals surface area (Å²) < 4.78 is 4.78. The van der Waals surface area contributed by atoms with E-state index in [0.29, 0.717) is 0 Å². The van der Waals surface area contributed by atoms with Gasteiger partial charge < -0.3 is 28.7 Å². The molecule has 28 rings (SSSR count). The van der Waals surface area contributed by atoms with Crippen molar-refractivity contribution in [3.05, 3.63) is 616 Å². The average Bonchev–Trinajstić information content (AvgIpc) is 1.50. The molecule has 23 aromatic rings.